The smallest absolute Gasteiger partial charge is 0.383 e. The second kappa shape index (κ2) is 10.4. The van der Waals surface area contributed by atoms with Crippen LogP contribution in [0.1, 0.15) is 16.7 Å². The minimum atomic E-state index is -4.67. The van der Waals surface area contributed by atoms with E-state index in [2.05, 4.69) is 32.4 Å². The molecule has 0 aliphatic carbocycles. The highest BCUT2D eigenvalue weighted by atomic mass is 32.1. The van der Waals surface area contributed by atoms with Crippen LogP contribution in [0.5, 0.6) is 0 Å². The normalized spacial score (nSPS) is 11.1. The van der Waals surface area contributed by atoms with E-state index >= 15 is 0 Å². The number of urea groups is 1. The fourth-order valence-electron chi connectivity index (χ4n) is 3.76. The van der Waals surface area contributed by atoms with Gasteiger partial charge < -0.3 is 16.4 Å². The maximum Gasteiger partial charge on any atom is 0.416 e. The molecule has 2 amide bonds. The lowest BCUT2D eigenvalue weighted by Crippen LogP contribution is -2.20. The lowest BCUT2D eigenvalue weighted by atomic mass is 10.0. The zero-order valence-corrected chi connectivity index (χ0v) is 20.6. The molecule has 0 atom stereocenters. The molecule has 0 fully saturated rings. The highest BCUT2D eigenvalue weighted by Crippen LogP contribution is 2.38. The van der Waals surface area contributed by atoms with E-state index in [1.54, 1.807) is 55.0 Å². The van der Waals surface area contributed by atoms with Crippen molar-refractivity contribution in [2.45, 2.75) is 6.18 Å². The highest BCUT2D eigenvalue weighted by Gasteiger charge is 2.31. The van der Waals surface area contributed by atoms with Crippen molar-refractivity contribution in [3.8, 4) is 23.0 Å². The van der Waals surface area contributed by atoms with Crippen LogP contribution in [0.2, 0.25) is 0 Å². The molecule has 0 unspecified atom stereocenters. The van der Waals surface area contributed by atoms with E-state index in [1.165, 1.54) is 11.3 Å². The molecule has 0 aliphatic rings. The Bertz CT molecular complexity index is 1740. The van der Waals surface area contributed by atoms with Gasteiger partial charge in [0.25, 0.3) is 0 Å². The number of nitrogens with two attached hydrogens (primary N) is 1. The van der Waals surface area contributed by atoms with E-state index in [0.717, 1.165) is 32.3 Å². The predicted octanol–water partition coefficient (Wildman–Crippen LogP) is 7.14. The Labute approximate surface area is 223 Å². The molecule has 4 N–H and O–H groups in total. The number of pyridine rings is 2. The van der Waals surface area contributed by atoms with Crippen LogP contribution in [0.4, 0.5) is 39.5 Å². The van der Waals surface area contributed by atoms with Gasteiger partial charge in [-0.1, -0.05) is 24.0 Å². The van der Waals surface area contributed by atoms with Crippen LogP contribution in [0, 0.1) is 17.7 Å². The molecule has 5 rings (SSSR count). The number of benzene rings is 2. The molecule has 5 aromatic rings. The van der Waals surface area contributed by atoms with Crippen molar-refractivity contribution in [1.29, 1.82) is 0 Å². The number of aromatic nitrogens is 2. The number of hydrogen-bond donors (Lipinski definition) is 3. The summed E-state index contributed by atoms with van der Waals surface area (Å²) >= 11 is 1.47. The molecule has 0 aliphatic heterocycles. The van der Waals surface area contributed by atoms with Crippen molar-refractivity contribution in [1.82, 2.24) is 9.97 Å². The highest BCUT2D eigenvalue weighted by molar-refractivity contribution is 7.18. The SMILES string of the molecule is Nc1ncc(C#Cc2ccncc2)c2scc(-c3ccc(NC(=O)Nc4cc(C(F)(F)F)ccc4F)cc3)c12. The number of halogens is 4. The Hall–Kier alpha value is -4.95. The average molecular weight is 548 g/mol. The van der Waals surface area contributed by atoms with Crippen LogP contribution in [0.15, 0.2) is 78.6 Å². The van der Waals surface area contributed by atoms with Gasteiger partial charge in [0, 0.05) is 40.8 Å². The van der Waals surface area contributed by atoms with Gasteiger partial charge in [0.2, 0.25) is 0 Å². The Morgan fingerprint density at radius 2 is 1.72 bits per heavy atom. The first-order chi connectivity index (χ1) is 18.7. The molecule has 0 spiro atoms. The van der Waals surface area contributed by atoms with E-state index < -0.39 is 29.3 Å². The molecular formula is C28H17F4N5OS. The third-order valence-corrected chi connectivity index (χ3v) is 6.66. The monoisotopic (exact) mass is 547 g/mol. The van der Waals surface area contributed by atoms with E-state index in [4.69, 9.17) is 5.73 Å². The van der Waals surface area contributed by atoms with Gasteiger partial charge >= 0.3 is 12.2 Å². The van der Waals surface area contributed by atoms with Crippen molar-refractivity contribution in [3.63, 3.8) is 0 Å². The number of carbonyl (C=O) groups excluding carboxylic acids is 1. The number of rotatable bonds is 3. The summed E-state index contributed by atoms with van der Waals surface area (Å²) in [4.78, 5) is 20.6. The van der Waals surface area contributed by atoms with Gasteiger partial charge in [-0.25, -0.2) is 14.2 Å². The number of thiophene rings is 1. The van der Waals surface area contributed by atoms with Crippen LogP contribution >= 0.6 is 11.3 Å². The van der Waals surface area contributed by atoms with Gasteiger partial charge in [0.15, 0.2) is 0 Å². The number of alkyl halides is 3. The molecule has 6 nitrogen and oxygen atoms in total. The number of nitrogens with zero attached hydrogens (tertiary/aromatic N) is 2. The predicted molar refractivity (Wildman–Crippen MR) is 144 cm³/mol. The first kappa shape index (κ1) is 25.7. The Balaban J connectivity index is 1.35. The molecule has 39 heavy (non-hydrogen) atoms. The number of carbonyl (C=O) groups is 1. The number of amides is 2. The van der Waals surface area contributed by atoms with Gasteiger partial charge in [-0.05, 0) is 53.4 Å². The zero-order chi connectivity index (χ0) is 27.6. The summed E-state index contributed by atoms with van der Waals surface area (Å²) in [5.74, 6) is 5.58. The lowest BCUT2D eigenvalue weighted by Gasteiger charge is -2.12. The van der Waals surface area contributed by atoms with Crippen molar-refractivity contribution in [2.75, 3.05) is 16.4 Å². The third-order valence-electron chi connectivity index (χ3n) is 5.64. The van der Waals surface area contributed by atoms with Gasteiger partial charge in [0.1, 0.15) is 11.6 Å². The molecular weight excluding hydrogens is 530 g/mol. The minimum Gasteiger partial charge on any atom is -0.383 e. The van der Waals surface area contributed by atoms with Crippen LogP contribution in [0.25, 0.3) is 21.2 Å². The third kappa shape index (κ3) is 5.66. The quantitative estimate of drug-likeness (QED) is 0.165. The Morgan fingerprint density at radius 1 is 0.974 bits per heavy atom. The van der Waals surface area contributed by atoms with E-state index in [-0.39, 0.29) is 0 Å². The molecule has 11 heteroatoms. The first-order valence-electron chi connectivity index (χ1n) is 11.3. The van der Waals surface area contributed by atoms with E-state index in [0.29, 0.717) is 29.7 Å². The van der Waals surface area contributed by atoms with Crippen LogP contribution in [0.3, 0.4) is 0 Å². The van der Waals surface area contributed by atoms with Gasteiger partial charge in [0.05, 0.1) is 21.5 Å². The molecule has 0 bridgehead atoms. The van der Waals surface area contributed by atoms with Crippen LogP contribution in [-0.2, 0) is 6.18 Å². The van der Waals surface area contributed by atoms with Crippen molar-refractivity contribution < 1.29 is 22.4 Å². The van der Waals surface area contributed by atoms with E-state index in [9.17, 15) is 22.4 Å². The second-order valence-electron chi connectivity index (χ2n) is 8.25. The number of fused-ring (bicyclic) bond motifs is 1. The van der Waals surface area contributed by atoms with Crippen LogP contribution in [-0.4, -0.2) is 16.0 Å². The Morgan fingerprint density at radius 3 is 2.44 bits per heavy atom. The van der Waals surface area contributed by atoms with Crippen LogP contribution < -0.4 is 16.4 Å². The zero-order valence-electron chi connectivity index (χ0n) is 19.8. The van der Waals surface area contributed by atoms with Crippen molar-refractivity contribution in [3.05, 3.63) is 101 Å². The summed E-state index contributed by atoms with van der Waals surface area (Å²) in [5.41, 5.74) is 8.05. The topological polar surface area (TPSA) is 92.9 Å². The average Bonchev–Trinajstić information content (AvgIpc) is 3.36. The van der Waals surface area contributed by atoms with Gasteiger partial charge in [-0.15, -0.1) is 11.3 Å². The molecule has 0 saturated carbocycles. The number of nitrogen functional groups attached to an aromatic ring is 1. The molecule has 3 aromatic heterocycles. The number of nitrogens with one attached hydrogen (secondary N) is 2. The molecule has 0 saturated heterocycles. The van der Waals surface area contributed by atoms with Gasteiger partial charge in [-0.3, -0.25) is 4.98 Å². The van der Waals surface area contributed by atoms with Gasteiger partial charge in [-0.2, -0.15) is 13.2 Å². The maximum absolute atomic E-state index is 14.0. The lowest BCUT2D eigenvalue weighted by molar-refractivity contribution is -0.137. The summed E-state index contributed by atoms with van der Waals surface area (Å²) in [7, 11) is 0. The molecule has 2 aromatic carbocycles. The fraction of sp³-hybridized carbons (Fsp3) is 0.0357. The largest absolute Gasteiger partial charge is 0.416 e. The fourth-order valence-corrected chi connectivity index (χ4v) is 4.81. The maximum atomic E-state index is 14.0. The molecule has 194 valence electrons. The Kier molecular flexibility index (Phi) is 6.87. The summed E-state index contributed by atoms with van der Waals surface area (Å²) in [5, 5.41) is 7.28. The first-order valence-corrected chi connectivity index (χ1v) is 12.2. The summed E-state index contributed by atoms with van der Waals surface area (Å²) in [6, 6.07) is 11.2. The standard InChI is InChI=1S/C28H17F4N5OS/c29-22-8-5-19(28(30,31)32)13-23(22)37-27(38)36-20-6-3-17(4-7-20)21-15-39-25-18(14-35-26(33)24(21)25)2-1-16-9-11-34-12-10-16/h3-15H,(H2,33,35)(H2,36,37,38). The van der Waals surface area contributed by atoms with Crippen molar-refractivity contribution >= 4 is 44.6 Å². The summed E-state index contributed by atoms with van der Waals surface area (Å²) < 4.78 is 53.6. The molecule has 3 heterocycles. The minimum absolute atomic E-state index is 0.346. The second-order valence-corrected chi connectivity index (χ2v) is 9.13. The number of hydrogen-bond acceptors (Lipinski definition) is 5. The number of anilines is 3. The van der Waals surface area contributed by atoms with E-state index in [1.807, 2.05) is 5.38 Å². The summed E-state index contributed by atoms with van der Waals surface area (Å²) in [6.07, 6.45) is 0.283. The van der Waals surface area contributed by atoms with Crippen molar-refractivity contribution in [2.24, 2.45) is 0 Å². The summed E-state index contributed by atoms with van der Waals surface area (Å²) in [6.45, 7) is 0. The molecule has 0 radical (unpaired) electrons.